The molecule has 0 unspecified atom stereocenters. The molecule has 3 heteroatoms. The molecule has 1 aliphatic carbocycles. The van der Waals surface area contributed by atoms with E-state index in [1.165, 1.54) is 44.1 Å². The Bertz CT molecular complexity index is 371. The van der Waals surface area contributed by atoms with Gasteiger partial charge in [-0.25, -0.2) is 9.97 Å². The first-order chi connectivity index (χ1) is 9.72. The molecule has 0 atom stereocenters. The summed E-state index contributed by atoms with van der Waals surface area (Å²) in [4.78, 5) is 11.6. The Morgan fingerprint density at radius 1 is 0.850 bits per heavy atom. The maximum absolute atomic E-state index is 4.64. The Morgan fingerprint density at radius 2 is 1.40 bits per heavy atom. The van der Waals surface area contributed by atoms with Crippen molar-refractivity contribution < 1.29 is 0 Å². The van der Waals surface area contributed by atoms with Crippen LogP contribution < -0.4 is 4.90 Å². The molecule has 110 valence electrons. The minimum atomic E-state index is 0.696. The summed E-state index contributed by atoms with van der Waals surface area (Å²) >= 11 is 0. The largest absolute Gasteiger partial charge is 0.341 e. The maximum Gasteiger partial charge on any atom is 0.225 e. The van der Waals surface area contributed by atoms with Gasteiger partial charge in [0.05, 0.1) is 0 Å². The molecule has 2 heterocycles. The van der Waals surface area contributed by atoms with Gasteiger partial charge in [0, 0.05) is 25.5 Å². The van der Waals surface area contributed by atoms with Crippen molar-refractivity contribution in [2.45, 2.75) is 58.3 Å². The molecule has 0 radical (unpaired) electrons. The molecule has 0 N–H and O–H groups in total. The molecule has 1 saturated heterocycles. The molecule has 0 amide bonds. The zero-order valence-corrected chi connectivity index (χ0v) is 12.9. The van der Waals surface area contributed by atoms with Crippen LogP contribution in [0.1, 0.15) is 63.9 Å². The summed E-state index contributed by atoms with van der Waals surface area (Å²) in [7, 11) is 0. The van der Waals surface area contributed by atoms with Crippen molar-refractivity contribution in [2.24, 2.45) is 11.8 Å². The van der Waals surface area contributed by atoms with Gasteiger partial charge < -0.3 is 4.90 Å². The Balaban J connectivity index is 1.62. The molecule has 1 saturated carbocycles. The molecular weight excluding hydrogens is 246 g/mol. The van der Waals surface area contributed by atoms with Gasteiger partial charge in [-0.15, -0.1) is 0 Å². The molecule has 0 spiro atoms. The number of nitrogens with zero attached hydrogens (tertiary/aromatic N) is 3. The highest BCUT2D eigenvalue weighted by Gasteiger charge is 2.21. The van der Waals surface area contributed by atoms with Crippen LogP contribution in [-0.2, 0) is 0 Å². The first-order valence-corrected chi connectivity index (χ1v) is 8.29. The lowest BCUT2D eigenvalue weighted by atomic mass is 9.80. The van der Waals surface area contributed by atoms with Crippen molar-refractivity contribution in [1.82, 2.24) is 9.97 Å². The molecule has 3 rings (SSSR count). The van der Waals surface area contributed by atoms with Crippen LogP contribution in [0.3, 0.4) is 0 Å². The summed E-state index contributed by atoms with van der Waals surface area (Å²) in [5.74, 6) is 3.39. The molecule has 20 heavy (non-hydrogen) atoms. The van der Waals surface area contributed by atoms with E-state index in [-0.39, 0.29) is 0 Å². The zero-order valence-electron chi connectivity index (χ0n) is 12.9. The van der Waals surface area contributed by atoms with Crippen LogP contribution in [0.25, 0.3) is 0 Å². The SMILES string of the molecule is CC1CCN(c2ncc([C@H]3CC[C@@H](C)CC3)cn2)CC1. The highest BCUT2D eigenvalue weighted by atomic mass is 15.2. The van der Waals surface area contributed by atoms with Gasteiger partial charge in [-0.05, 0) is 49.0 Å². The van der Waals surface area contributed by atoms with E-state index in [1.54, 1.807) is 0 Å². The smallest absolute Gasteiger partial charge is 0.225 e. The Labute approximate surface area is 122 Å². The first-order valence-electron chi connectivity index (χ1n) is 8.29. The predicted octanol–water partition coefficient (Wildman–Crippen LogP) is 4.01. The van der Waals surface area contributed by atoms with E-state index in [0.29, 0.717) is 5.92 Å². The highest BCUT2D eigenvalue weighted by Crippen LogP contribution is 2.35. The monoisotopic (exact) mass is 273 g/mol. The van der Waals surface area contributed by atoms with Crippen molar-refractivity contribution in [3.63, 3.8) is 0 Å². The maximum atomic E-state index is 4.64. The van der Waals surface area contributed by atoms with Crippen LogP contribution >= 0.6 is 0 Å². The minimum Gasteiger partial charge on any atom is -0.341 e. The second kappa shape index (κ2) is 6.11. The van der Waals surface area contributed by atoms with Crippen LogP contribution in [0.5, 0.6) is 0 Å². The molecule has 1 aliphatic heterocycles. The van der Waals surface area contributed by atoms with Crippen molar-refractivity contribution in [3.05, 3.63) is 18.0 Å². The Hall–Kier alpha value is -1.12. The van der Waals surface area contributed by atoms with Crippen LogP contribution in [0.4, 0.5) is 5.95 Å². The molecule has 2 fully saturated rings. The first kappa shape index (κ1) is 13.8. The van der Waals surface area contributed by atoms with Gasteiger partial charge in [0.15, 0.2) is 0 Å². The highest BCUT2D eigenvalue weighted by molar-refractivity contribution is 5.31. The average Bonchev–Trinajstić information content (AvgIpc) is 2.49. The van der Waals surface area contributed by atoms with Gasteiger partial charge in [-0.1, -0.05) is 26.7 Å². The lowest BCUT2D eigenvalue weighted by Crippen LogP contribution is -2.34. The van der Waals surface area contributed by atoms with Crippen LogP contribution in [-0.4, -0.2) is 23.1 Å². The van der Waals surface area contributed by atoms with E-state index in [2.05, 4.69) is 41.1 Å². The van der Waals surface area contributed by atoms with Crippen molar-refractivity contribution in [1.29, 1.82) is 0 Å². The molecule has 1 aromatic rings. The van der Waals surface area contributed by atoms with Crippen LogP contribution in [0.2, 0.25) is 0 Å². The van der Waals surface area contributed by atoms with Gasteiger partial charge in [0.2, 0.25) is 5.95 Å². The number of rotatable bonds is 2. The van der Waals surface area contributed by atoms with E-state index in [4.69, 9.17) is 0 Å². The van der Waals surface area contributed by atoms with Gasteiger partial charge in [0.1, 0.15) is 0 Å². The van der Waals surface area contributed by atoms with Crippen molar-refractivity contribution in [2.75, 3.05) is 18.0 Å². The number of hydrogen-bond donors (Lipinski definition) is 0. The van der Waals surface area contributed by atoms with Crippen LogP contribution in [0.15, 0.2) is 12.4 Å². The Morgan fingerprint density at radius 3 is 2.00 bits per heavy atom. The van der Waals surface area contributed by atoms with Crippen molar-refractivity contribution in [3.8, 4) is 0 Å². The molecule has 0 aromatic carbocycles. The molecule has 2 aliphatic rings. The lowest BCUT2D eigenvalue weighted by Gasteiger charge is -2.30. The third kappa shape index (κ3) is 3.13. The van der Waals surface area contributed by atoms with E-state index >= 15 is 0 Å². The third-order valence-corrected chi connectivity index (χ3v) is 5.21. The summed E-state index contributed by atoms with van der Waals surface area (Å²) in [6.45, 7) is 6.93. The number of hydrogen-bond acceptors (Lipinski definition) is 3. The summed E-state index contributed by atoms with van der Waals surface area (Å²) in [5.41, 5.74) is 1.35. The number of aromatic nitrogens is 2. The second-order valence-corrected chi connectivity index (χ2v) is 6.94. The van der Waals surface area contributed by atoms with Gasteiger partial charge >= 0.3 is 0 Å². The normalized spacial score (nSPS) is 28.6. The second-order valence-electron chi connectivity index (χ2n) is 6.94. The molecule has 3 nitrogen and oxygen atoms in total. The average molecular weight is 273 g/mol. The van der Waals surface area contributed by atoms with E-state index < -0.39 is 0 Å². The van der Waals surface area contributed by atoms with Gasteiger partial charge in [0.25, 0.3) is 0 Å². The fourth-order valence-electron chi connectivity index (χ4n) is 3.51. The summed E-state index contributed by atoms with van der Waals surface area (Å²) in [6.07, 6.45) is 12.0. The molecule has 0 bridgehead atoms. The van der Waals surface area contributed by atoms with E-state index in [9.17, 15) is 0 Å². The van der Waals surface area contributed by atoms with E-state index in [0.717, 1.165) is 30.9 Å². The quantitative estimate of drug-likeness (QED) is 0.815. The predicted molar refractivity (Wildman–Crippen MR) is 83.0 cm³/mol. The lowest BCUT2D eigenvalue weighted by molar-refractivity contribution is 0.347. The third-order valence-electron chi connectivity index (χ3n) is 5.21. The summed E-state index contributed by atoms with van der Waals surface area (Å²) in [5, 5.41) is 0. The number of anilines is 1. The minimum absolute atomic E-state index is 0.696. The van der Waals surface area contributed by atoms with Gasteiger partial charge in [-0.2, -0.15) is 0 Å². The topological polar surface area (TPSA) is 29.0 Å². The fourth-order valence-corrected chi connectivity index (χ4v) is 3.51. The van der Waals surface area contributed by atoms with Crippen LogP contribution in [0, 0.1) is 11.8 Å². The molecular formula is C17H27N3. The number of piperidine rings is 1. The van der Waals surface area contributed by atoms with E-state index in [1.807, 2.05) is 0 Å². The standard InChI is InChI=1S/C17H27N3/c1-13-3-5-15(6-4-13)16-11-18-17(19-12-16)20-9-7-14(2)8-10-20/h11-15H,3-10H2,1-2H3/t13-,15+. The summed E-state index contributed by atoms with van der Waals surface area (Å²) < 4.78 is 0. The fraction of sp³-hybridized carbons (Fsp3) is 0.765. The Kier molecular flexibility index (Phi) is 4.23. The summed E-state index contributed by atoms with van der Waals surface area (Å²) in [6, 6.07) is 0. The van der Waals surface area contributed by atoms with Crippen molar-refractivity contribution >= 4 is 5.95 Å². The zero-order chi connectivity index (χ0) is 13.9. The molecule has 1 aromatic heterocycles. The van der Waals surface area contributed by atoms with Gasteiger partial charge in [-0.3, -0.25) is 0 Å².